The third-order valence-corrected chi connectivity index (χ3v) is 6.83. The van der Waals surface area contributed by atoms with Gasteiger partial charge in [-0.2, -0.15) is 0 Å². The molecular formula is C15H29NOS. The van der Waals surface area contributed by atoms with Gasteiger partial charge in [0.1, 0.15) is 0 Å². The minimum Gasteiger partial charge on any atom is -0.316 e. The van der Waals surface area contributed by atoms with Crippen LogP contribution in [-0.2, 0) is 10.8 Å². The van der Waals surface area contributed by atoms with Crippen molar-refractivity contribution in [3.8, 4) is 0 Å². The topological polar surface area (TPSA) is 29.1 Å². The lowest BCUT2D eigenvalue weighted by atomic mass is 9.96. The lowest BCUT2D eigenvalue weighted by Gasteiger charge is -2.29. The van der Waals surface area contributed by atoms with E-state index in [0.29, 0.717) is 11.3 Å². The Morgan fingerprint density at radius 1 is 0.944 bits per heavy atom. The monoisotopic (exact) mass is 271 g/mol. The molecule has 3 unspecified atom stereocenters. The van der Waals surface area contributed by atoms with E-state index in [1.54, 1.807) is 0 Å². The van der Waals surface area contributed by atoms with Gasteiger partial charge in [-0.15, -0.1) is 0 Å². The van der Waals surface area contributed by atoms with Crippen molar-refractivity contribution in [1.29, 1.82) is 0 Å². The van der Waals surface area contributed by atoms with Gasteiger partial charge in [0.2, 0.25) is 0 Å². The lowest BCUT2D eigenvalue weighted by molar-refractivity contribution is 0.413. The van der Waals surface area contributed by atoms with E-state index >= 15 is 0 Å². The van der Waals surface area contributed by atoms with Gasteiger partial charge in [0.15, 0.2) is 0 Å². The molecule has 106 valence electrons. The van der Waals surface area contributed by atoms with Crippen molar-refractivity contribution >= 4 is 10.8 Å². The molecule has 0 spiro atoms. The van der Waals surface area contributed by atoms with Gasteiger partial charge in [0.25, 0.3) is 0 Å². The SMILES string of the molecule is CNC1CCCCCCC1S(=O)CC1CCCC1. The highest BCUT2D eigenvalue weighted by Crippen LogP contribution is 2.28. The van der Waals surface area contributed by atoms with Gasteiger partial charge in [-0.1, -0.05) is 38.5 Å². The second-order valence-electron chi connectivity index (χ2n) is 6.12. The molecule has 2 saturated carbocycles. The molecule has 0 aromatic carbocycles. The fourth-order valence-corrected chi connectivity index (χ4v) is 5.74. The van der Waals surface area contributed by atoms with E-state index in [1.807, 2.05) is 7.05 Å². The number of hydrogen-bond donors (Lipinski definition) is 1. The van der Waals surface area contributed by atoms with E-state index in [0.717, 1.165) is 11.7 Å². The average molecular weight is 271 g/mol. The molecule has 0 radical (unpaired) electrons. The van der Waals surface area contributed by atoms with Gasteiger partial charge in [0.05, 0.1) is 5.25 Å². The minimum absolute atomic E-state index is 0.413. The minimum atomic E-state index is -0.608. The van der Waals surface area contributed by atoms with E-state index in [2.05, 4.69) is 5.32 Å². The summed E-state index contributed by atoms with van der Waals surface area (Å²) >= 11 is 0. The maximum absolute atomic E-state index is 12.7. The van der Waals surface area contributed by atoms with Crippen LogP contribution in [-0.4, -0.2) is 28.3 Å². The van der Waals surface area contributed by atoms with Crippen LogP contribution < -0.4 is 5.32 Å². The molecule has 18 heavy (non-hydrogen) atoms. The molecule has 3 heteroatoms. The summed E-state index contributed by atoms with van der Waals surface area (Å²) < 4.78 is 12.7. The molecule has 2 nitrogen and oxygen atoms in total. The van der Waals surface area contributed by atoms with Crippen molar-refractivity contribution in [1.82, 2.24) is 5.32 Å². The molecule has 0 amide bonds. The summed E-state index contributed by atoms with van der Waals surface area (Å²) in [6.07, 6.45) is 13.0. The summed E-state index contributed by atoms with van der Waals surface area (Å²) in [5.74, 6) is 1.73. The second kappa shape index (κ2) is 7.64. The highest BCUT2D eigenvalue weighted by atomic mass is 32.2. The van der Waals surface area contributed by atoms with E-state index < -0.39 is 10.8 Å². The number of hydrogen-bond acceptors (Lipinski definition) is 2. The van der Waals surface area contributed by atoms with Gasteiger partial charge in [-0.25, -0.2) is 0 Å². The maximum Gasteiger partial charge on any atom is 0.0501 e. The van der Waals surface area contributed by atoms with Gasteiger partial charge in [-0.3, -0.25) is 4.21 Å². The number of rotatable bonds is 4. The Bertz CT molecular complexity index is 263. The summed E-state index contributed by atoms with van der Waals surface area (Å²) in [5.41, 5.74) is 0. The molecule has 3 atom stereocenters. The molecule has 2 fully saturated rings. The van der Waals surface area contributed by atoms with Crippen molar-refractivity contribution in [3.05, 3.63) is 0 Å². The molecule has 0 saturated heterocycles. The van der Waals surface area contributed by atoms with Crippen LogP contribution in [0.4, 0.5) is 0 Å². The Morgan fingerprint density at radius 3 is 2.22 bits per heavy atom. The molecule has 0 bridgehead atoms. The third-order valence-electron chi connectivity index (χ3n) is 4.79. The predicted octanol–water partition coefficient (Wildman–Crippen LogP) is 3.24. The number of nitrogens with one attached hydrogen (secondary N) is 1. The van der Waals surface area contributed by atoms with Crippen LogP contribution in [0.1, 0.15) is 64.2 Å². The zero-order valence-corrected chi connectivity index (χ0v) is 12.6. The molecule has 2 rings (SSSR count). The second-order valence-corrected chi connectivity index (χ2v) is 7.82. The van der Waals surface area contributed by atoms with E-state index in [1.165, 1.54) is 64.2 Å². The highest BCUT2D eigenvalue weighted by molar-refractivity contribution is 7.85. The Morgan fingerprint density at radius 2 is 1.56 bits per heavy atom. The van der Waals surface area contributed by atoms with Crippen LogP contribution in [0.2, 0.25) is 0 Å². The summed E-state index contributed by atoms with van der Waals surface area (Å²) in [4.78, 5) is 0. The molecule has 0 aromatic heterocycles. The predicted molar refractivity (Wildman–Crippen MR) is 79.3 cm³/mol. The lowest BCUT2D eigenvalue weighted by Crippen LogP contribution is -2.42. The Balaban J connectivity index is 1.90. The van der Waals surface area contributed by atoms with Gasteiger partial charge in [0, 0.05) is 22.6 Å². The Kier molecular flexibility index (Phi) is 6.16. The zero-order chi connectivity index (χ0) is 12.8. The third kappa shape index (κ3) is 4.06. The Labute approximate surface area is 115 Å². The van der Waals surface area contributed by atoms with E-state index in [9.17, 15) is 4.21 Å². The normalized spacial score (nSPS) is 32.9. The summed E-state index contributed by atoms with van der Waals surface area (Å²) in [7, 11) is 1.44. The summed E-state index contributed by atoms with van der Waals surface area (Å²) in [6, 6.07) is 0.493. The maximum atomic E-state index is 12.7. The first kappa shape index (κ1) is 14.5. The fourth-order valence-electron chi connectivity index (χ4n) is 3.63. The summed E-state index contributed by atoms with van der Waals surface area (Å²) in [6.45, 7) is 0. The molecule has 1 N–H and O–H groups in total. The van der Waals surface area contributed by atoms with Gasteiger partial charge in [-0.05, 0) is 38.6 Å². The fraction of sp³-hybridized carbons (Fsp3) is 1.00. The smallest absolute Gasteiger partial charge is 0.0501 e. The van der Waals surface area contributed by atoms with Gasteiger partial charge < -0.3 is 5.32 Å². The van der Waals surface area contributed by atoms with Crippen LogP contribution in [0, 0.1) is 5.92 Å². The Hall–Kier alpha value is 0.110. The first-order chi connectivity index (χ1) is 8.81. The molecular weight excluding hydrogens is 242 g/mol. The first-order valence-corrected chi connectivity index (χ1v) is 9.24. The molecule has 0 aliphatic heterocycles. The van der Waals surface area contributed by atoms with Crippen molar-refractivity contribution < 1.29 is 4.21 Å². The first-order valence-electron chi connectivity index (χ1n) is 7.85. The van der Waals surface area contributed by atoms with Crippen LogP contribution in [0.25, 0.3) is 0 Å². The van der Waals surface area contributed by atoms with Crippen molar-refractivity contribution in [2.24, 2.45) is 5.92 Å². The average Bonchev–Trinajstić information content (AvgIpc) is 2.81. The van der Waals surface area contributed by atoms with Crippen LogP contribution in [0.5, 0.6) is 0 Å². The zero-order valence-electron chi connectivity index (χ0n) is 11.8. The summed E-state index contributed by atoms with van der Waals surface area (Å²) in [5, 5.41) is 3.85. The highest BCUT2D eigenvalue weighted by Gasteiger charge is 2.29. The molecule has 2 aliphatic rings. The van der Waals surface area contributed by atoms with Crippen molar-refractivity contribution in [2.75, 3.05) is 12.8 Å². The van der Waals surface area contributed by atoms with Crippen molar-refractivity contribution in [2.45, 2.75) is 75.5 Å². The van der Waals surface area contributed by atoms with Crippen LogP contribution in [0.3, 0.4) is 0 Å². The van der Waals surface area contributed by atoms with Crippen molar-refractivity contribution in [3.63, 3.8) is 0 Å². The quantitative estimate of drug-likeness (QED) is 0.850. The molecule has 0 heterocycles. The standard InChI is InChI=1S/C15H29NOS/c1-16-14-10-4-2-3-5-11-15(14)18(17)12-13-8-6-7-9-13/h13-16H,2-12H2,1H3. The molecule has 2 aliphatic carbocycles. The van der Waals surface area contributed by atoms with E-state index in [-0.39, 0.29) is 0 Å². The van der Waals surface area contributed by atoms with Gasteiger partial charge >= 0.3 is 0 Å². The van der Waals surface area contributed by atoms with Crippen LogP contribution in [0.15, 0.2) is 0 Å². The molecule has 0 aromatic rings. The largest absolute Gasteiger partial charge is 0.316 e. The van der Waals surface area contributed by atoms with E-state index in [4.69, 9.17) is 0 Å². The van der Waals surface area contributed by atoms with Crippen LogP contribution >= 0.6 is 0 Å².